The van der Waals surface area contributed by atoms with E-state index in [9.17, 15) is 0 Å². The molecule has 0 unspecified atom stereocenters. The summed E-state index contributed by atoms with van der Waals surface area (Å²) in [5.41, 5.74) is -1.73. The van der Waals surface area contributed by atoms with Gasteiger partial charge in [-0.15, -0.1) is 0 Å². The van der Waals surface area contributed by atoms with Crippen LogP contribution in [0.15, 0.2) is 89.8 Å². The zero-order valence-corrected chi connectivity index (χ0v) is 15.8. The summed E-state index contributed by atoms with van der Waals surface area (Å²) in [7, 11) is 0. The quantitative estimate of drug-likeness (QED) is 0.373. The van der Waals surface area contributed by atoms with Crippen molar-refractivity contribution in [3.8, 4) is 0 Å². The van der Waals surface area contributed by atoms with Crippen LogP contribution in [-0.2, 0) is 0 Å². The van der Waals surface area contributed by atoms with Gasteiger partial charge in [0.2, 0.25) is 0 Å². The fraction of sp³-hybridized carbons (Fsp3) is 0.0526. The van der Waals surface area contributed by atoms with Crippen molar-refractivity contribution in [3.05, 3.63) is 84.9 Å². The van der Waals surface area contributed by atoms with Crippen LogP contribution in [-0.4, -0.2) is 21.4 Å². The van der Waals surface area contributed by atoms with Gasteiger partial charge in [0.05, 0.1) is 0 Å². The number of hydrogen-bond donors (Lipinski definition) is 0. The second-order valence-corrected chi connectivity index (χ2v) is 12.0. The van der Waals surface area contributed by atoms with Gasteiger partial charge in [-0.2, -0.15) is 0 Å². The van der Waals surface area contributed by atoms with E-state index >= 15 is 0 Å². The Labute approximate surface area is 144 Å². The molecule has 22 heavy (non-hydrogen) atoms. The van der Waals surface area contributed by atoms with E-state index in [0.717, 1.165) is 0 Å². The van der Waals surface area contributed by atoms with Gasteiger partial charge in [-0.1, -0.05) is 0 Å². The molecule has 0 N–H and O–H groups in total. The second-order valence-electron chi connectivity index (χ2n) is 4.95. The molecule has 0 atom stereocenters. The summed E-state index contributed by atoms with van der Waals surface area (Å²) in [6.07, 6.45) is 2.15. The van der Waals surface area contributed by atoms with Gasteiger partial charge < -0.3 is 0 Å². The molecule has 0 aliphatic rings. The molecule has 0 aliphatic heterocycles. The van der Waals surface area contributed by atoms with Gasteiger partial charge >= 0.3 is 144 Å². The van der Waals surface area contributed by atoms with Gasteiger partial charge in [-0.25, -0.2) is 0 Å². The van der Waals surface area contributed by atoms with Crippen molar-refractivity contribution in [1.82, 2.24) is 0 Å². The van der Waals surface area contributed by atoms with Crippen molar-refractivity contribution in [2.45, 2.75) is 4.90 Å². The van der Waals surface area contributed by atoms with E-state index in [4.69, 9.17) is 0 Å². The van der Waals surface area contributed by atoms with E-state index in [1.165, 1.54) is 20.8 Å². The van der Waals surface area contributed by atoms with Gasteiger partial charge in [0.15, 0.2) is 0 Å². The molecule has 0 bridgehead atoms. The molecule has 3 aromatic carbocycles. The number of rotatable bonds is 4. The molecule has 0 amide bonds. The predicted molar refractivity (Wildman–Crippen MR) is 103 cm³/mol. The normalized spacial score (nSPS) is 11.3. The predicted octanol–water partition coefficient (Wildman–Crippen LogP) is 3.79. The molecule has 0 aliphatic carbocycles. The topological polar surface area (TPSA) is 0 Å². The fourth-order valence-corrected chi connectivity index (χ4v) is 9.41. The van der Waals surface area contributed by atoms with Crippen LogP contribution in [0.3, 0.4) is 0 Å². The standard InChI is InChI=1S/C19H17PSSe/c1-21-19-15-9-8-14-18(19)20(22,16-10-4-2-5-11-16)17-12-6-3-7-13-17/h2-15H,1H3. The summed E-state index contributed by atoms with van der Waals surface area (Å²) in [6, 6.07) is 30.4. The van der Waals surface area contributed by atoms with Crippen LogP contribution >= 0.6 is 17.3 Å². The molecule has 0 saturated heterocycles. The minimum absolute atomic E-state index is 1.35. The Kier molecular flexibility index (Phi) is 5.06. The molecule has 0 saturated carbocycles. The number of benzene rings is 3. The van der Waals surface area contributed by atoms with Gasteiger partial charge in [-0.05, 0) is 0 Å². The van der Waals surface area contributed by atoms with Gasteiger partial charge in [0, 0.05) is 0 Å². The van der Waals surface area contributed by atoms with Gasteiger partial charge in [0.25, 0.3) is 0 Å². The first-order valence-electron chi connectivity index (χ1n) is 7.11. The first-order chi connectivity index (χ1) is 10.8. The average Bonchev–Trinajstić information content (AvgIpc) is 2.62. The maximum absolute atomic E-state index is 3.61. The molecule has 0 radical (unpaired) electrons. The molecular weight excluding hydrogens is 370 g/mol. The first-order valence-corrected chi connectivity index (χ1v) is 12.3. The summed E-state index contributed by atoms with van der Waals surface area (Å²) in [6.45, 7) is 0. The van der Waals surface area contributed by atoms with E-state index in [1.54, 1.807) is 0 Å². The fourth-order valence-electron chi connectivity index (χ4n) is 2.59. The summed E-state index contributed by atoms with van der Waals surface area (Å²) in [4.78, 5) is 1.35. The van der Waals surface area contributed by atoms with Crippen LogP contribution in [0.1, 0.15) is 0 Å². The molecule has 0 fully saturated rings. The van der Waals surface area contributed by atoms with Crippen LogP contribution in [0, 0.1) is 0 Å². The van der Waals surface area contributed by atoms with Crippen molar-refractivity contribution in [2.75, 3.05) is 6.26 Å². The van der Waals surface area contributed by atoms with E-state index in [0.29, 0.717) is 0 Å². The van der Waals surface area contributed by atoms with Crippen LogP contribution < -0.4 is 15.9 Å². The van der Waals surface area contributed by atoms with E-state index in [2.05, 4.69) is 106 Å². The molecular formula is C19H17PSSe. The monoisotopic (exact) mass is 388 g/mol. The second kappa shape index (κ2) is 7.02. The number of thioether (sulfide) groups is 1. The third-order valence-corrected chi connectivity index (χ3v) is 11.6. The average molecular weight is 387 g/mol. The Hall–Kier alpha value is -1.04. The molecule has 3 heteroatoms. The summed E-state index contributed by atoms with van der Waals surface area (Å²) in [5, 5.41) is 4.17. The van der Waals surface area contributed by atoms with Crippen LogP contribution in [0.25, 0.3) is 0 Å². The summed E-state index contributed by atoms with van der Waals surface area (Å²) < 4.78 is 0. The van der Waals surface area contributed by atoms with E-state index < -0.39 is 5.51 Å². The zero-order chi connectivity index (χ0) is 15.4. The summed E-state index contributed by atoms with van der Waals surface area (Å²) >= 11 is 5.43. The van der Waals surface area contributed by atoms with Crippen LogP contribution in [0.4, 0.5) is 0 Å². The van der Waals surface area contributed by atoms with Crippen molar-refractivity contribution in [2.24, 2.45) is 0 Å². The van der Waals surface area contributed by atoms with Crippen molar-refractivity contribution in [3.63, 3.8) is 0 Å². The SMILES string of the molecule is CSc1ccccc1P(=[Se])(c1ccccc1)c1ccccc1. The van der Waals surface area contributed by atoms with E-state index in [1.807, 2.05) is 11.8 Å². The van der Waals surface area contributed by atoms with Crippen LogP contribution in [0.2, 0.25) is 0 Å². The number of hydrogen-bond acceptors (Lipinski definition) is 1. The van der Waals surface area contributed by atoms with Crippen molar-refractivity contribution in [1.29, 1.82) is 0 Å². The van der Waals surface area contributed by atoms with Crippen molar-refractivity contribution < 1.29 is 0 Å². The molecule has 0 nitrogen and oxygen atoms in total. The Morgan fingerprint density at radius 3 is 1.64 bits per heavy atom. The third kappa shape index (κ3) is 2.90. The Morgan fingerprint density at radius 1 is 0.682 bits per heavy atom. The molecule has 0 heterocycles. The third-order valence-electron chi connectivity index (χ3n) is 3.66. The Bertz CT molecular complexity index is 756. The van der Waals surface area contributed by atoms with Gasteiger partial charge in [-0.3, -0.25) is 0 Å². The molecule has 3 aromatic rings. The molecule has 0 aromatic heterocycles. The molecule has 110 valence electrons. The minimum atomic E-state index is -1.73. The molecule has 3 rings (SSSR count). The summed E-state index contributed by atoms with van der Waals surface area (Å²) in [5.74, 6) is 0. The van der Waals surface area contributed by atoms with Crippen molar-refractivity contribution >= 4 is 48.3 Å². The first kappa shape index (κ1) is 15.8. The van der Waals surface area contributed by atoms with Crippen LogP contribution in [0.5, 0.6) is 0 Å². The Balaban J connectivity index is 2.32. The Morgan fingerprint density at radius 2 is 1.14 bits per heavy atom. The van der Waals surface area contributed by atoms with E-state index in [-0.39, 0.29) is 0 Å². The maximum atomic E-state index is 3.61. The zero-order valence-electron chi connectivity index (χ0n) is 12.3. The molecule has 0 spiro atoms. The van der Waals surface area contributed by atoms with Gasteiger partial charge in [0.1, 0.15) is 0 Å².